The number of aryl methyl sites for hydroxylation is 1. The lowest BCUT2D eigenvalue weighted by molar-refractivity contribution is -0.0927. The molecule has 4 fully saturated rings. The van der Waals surface area contributed by atoms with E-state index in [1.807, 2.05) is 7.05 Å². The van der Waals surface area contributed by atoms with Crippen LogP contribution in [-0.2, 0) is 7.05 Å². The molecule has 0 amide bonds. The number of hydrogen-bond donors (Lipinski definition) is 1. The maximum atomic E-state index is 10.7. The molecule has 4 aliphatic carbocycles. The van der Waals surface area contributed by atoms with Crippen LogP contribution in [0.25, 0.3) is 0 Å². The largest absolute Gasteiger partial charge is 0.386 e. The molecule has 98 valence electrons. The number of aliphatic hydroxyl groups is 1. The molecular formula is C14H21N3O. The summed E-state index contributed by atoms with van der Waals surface area (Å²) in [6, 6.07) is 0. The maximum Gasteiger partial charge on any atom is 0.101 e. The van der Waals surface area contributed by atoms with Gasteiger partial charge in [-0.2, -0.15) is 0 Å². The molecule has 4 bridgehead atoms. The summed E-state index contributed by atoms with van der Waals surface area (Å²) in [4.78, 5) is 0. The van der Waals surface area contributed by atoms with E-state index in [1.54, 1.807) is 10.9 Å². The van der Waals surface area contributed by atoms with E-state index >= 15 is 0 Å². The SMILES string of the molecule is Cn1nncc1C(O)C1C2CC3CC(C2)CC1C3. The summed E-state index contributed by atoms with van der Waals surface area (Å²) < 4.78 is 1.73. The van der Waals surface area contributed by atoms with Crippen molar-refractivity contribution in [2.24, 2.45) is 36.6 Å². The molecule has 1 aromatic heterocycles. The zero-order chi connectivity index (χ0) is 12.3. The Balaban J connectivity index is 1.63. The molecule has 1 aromatic rings. The standard InChI is InChI=1S/C14H21N3O/c1-17-12(7-15-16-17)14(18)13-10-3-8-2-9(5-10)6-11(13)4-8/h7-11,13-14,18H,2-6H2,1H3. The van der Waals surface area contributed by atoms with Crippen LogP contribution in [0.3, 0.4) is 0 Å². The van der Waals surface area contributed by atoms with Crippen molar-refractivity contribution < 1.29 is 5.11 Å². The fourth-order valence-electron chi connectivity index (χ4n) is 5.25. The highest BCUT2D eigenvalue weighted by Gasteiger charge is 2.50. The van der Waals surface area contributed by atoms with E-state index in [4.69, 9.17) is 0 Å². The molecule has 5 rings (SSSR count). The number of hydrogen-bond acceptors (Lipinski definition) is 3. The van der Waals surface area contributed by atoms with Crippen molar-refractivity contribution in [2.75, 3.05) is 0 Å². The van der Waals surface area contributed by atoms with Crippen molar-refractivity contribution in [3.8, 4) is 0 Å². The first kappa shape index (κ1) is 11.0. The molecule has 4 saturated carbocycles. The van der Waals surface area contributed by atoms with Crippen molar-refractivity contribution in [3.05, 3.63) is 11.9 Å². The predicted molar refractivity (Wildman–Crippen MR) is 66.5 cm³/mol. The van der Waals surface area contributed by atoms with E-state index < -0.39 is 0 Å². The van der Waals surface area contributed by atoms with Crippen LogP contribution in [0.4, 0.5) is 0 Å². The molecule has 0 aliphatic heterocycles. The van der Waals surface area contributed by atoms with Crippen LogP contribution in [0, 0.1) is 29.6 Å². The van der Waals surface area contributed by atoms with Crippen LogP contribution < -0.4 is 0 Å². The fraction of sp³-hybridized carbons (Fsp3) is 0.857. The van der Waals surface area contributed by atoms with Gasteiger partial charge >= 0.3 is 0 Å². The van der Waals surface area contributed by atoms with Gasteiger partial charge in [-0.15, -0.1) is 5.10 Å². The van der Waals surface area contributed by atoms with E-state index in [1.165, 1.54) is 32.1 Å². The molecule has 1 unspecified atom stereocenters. The topological polar surface area (TPSA) is 50.9 Å². The van der Waals surface area contributed by atoms with Crippen LogP contribution in [0.5, 0.6) is 0 Å². The average Bonchev–Trinajstić information content (AvgIpc) is 2.73. The minimum absolute atomic E-state index is 0.361. The van der Waals surface area contributed by atoms with E-state index in [2.05, 4.69) is 10.3 Å². The summed E-state index contributed by atoms with van der Waals surface area (Å²) in [7, 11) is 1.88. The van der Waals surface area contributed by atoms with E-state index in [0.717, 1.165) is 29.4 Å². The number of aliphatic hydroxyl groups excluding tert-OH is 1. The maximum absolute atomic E-state index is 10.7. The van der Waals surface area contributed by atoms with Gasteiger partial charge in [0, 0.05) is 7.05 Å². The molecule has 4 heteroatoms. The normalized spacial score (nSPS) is 43.3. The van der Waals surface area contributed by atoms with Gasteiger partial charge in [0.1, 0.15) is 6.10 Å². The molecule has 0 saturated heterocycles. The first-order valence-electron chi connectivity index (χ1n) is 7.25. The van der Waals surface area contributed by atoms with Gasteiger partial charge in [0.05, 0.1) is 11.9 Å². The highest BCUT2D eigenvalue weighted by molar-refractivity contribution is 5.07. The van der Waals surface area contributed by atoms with Gasteiger partial charge in [-0.25, -0.2) is 4.68 Å². The predicted octanol–water partition coefficient (Wildman–Crippen LogP) is 1.92. The number of aromatic nitrogens is 3. The quantitative estimate of drug-likeness (QED) is 0.868. The zero-order valence-electron chi connectivity index (χ0n) is 10.9. The fourth-order valence-corrected chi connectivity index (χ4v) is 5.25. The zero-order valence-corrected chi connectivity index (χ0v) is 10.9. The molecule has 0 spiro atoms. The summed E-state index contributed by atoms with van der Waals surface area (Å²) in [5.74, 6) is 3.86. The lowest BCUT2D eigenvalue weighted by Gasteiger charge is -2.55. The van der Waals surface area contributed by atoms with Crippen molar-refractivity contribution in [2.45, 2.75) is 38.2 Å². The van der Waals surface area contributed by atoms with Crippen LogP contribution >= 0.6 is 0 Å². The second-order valence-corrected chi connectivity index (χ2v) is 6.74. The van der Waals surface area contributed by atoms with Gasteiger partial charge in [-0.05, 0) is 61.7 Å². The molecule has 0 radical (unpaired) electrons. The van der Waals surface area contributed by atoms with Crippen LogP contribution in [-0.4, -0.2) is 20.1 Å². The number of nitrogens with zero attached hydrogens (tertiary/aromatic N) is 3. The molecule has 0 aromatic carbocycles. The third-order valence-corrected chi connectivity index (χ3v) is 5.72. The summed E-state index contributed by atoms with van der Waals surface area (Å²) in [5, 5.41) is 18.6. The average molecular weight is 247 g/mol. The van der Waals surface area contributed by atoms with E-state index in [0.29, 0.717) is 5.92 Å². The Kier molecular flexibility index (Phi) is 2.31. The number of rotatable bonds is 2. The van der Waals surface area contributed by atoms with Gasteiger partial charge < -0.3 is 5.11 Å². The second kappa shape index (κ2) is 3.80. The Morgan fingerprint density at radius 2 is 1.78 bits per heavy atom. The van der Waals surface area contributed by atoms with Gasteiger partial charge in [0.25, 0.3) is 0 Å². The second-order valence-electron chi connectivity index (χ2n) is 6.74. The van der Waals surface area contributed by atoms with Crippen molar-refractivity contribution in [3.63, 3.8) is 0 Å². The lowest BCUT2D eigenvalue weighted by Crippen LogP contribution is -2.47. The minimum Gasteiger partial charge on any atom is -0.386 e. The third kappa shape index (κ3) is 1.48. The molecule has 1 atom stereocenters. The summed E-state index contributed by atoms with van der Waals surface area (Å²) >= 11 is 0. The Hall–Kier alpha value is -0.900. The Labute approximate surface area is 107 Å². The van der Waals surface area contributed by atoms with Crippen molar-refractivity contribution in [1.82, 2.24) is 15.0 Å². The summed E-state index contributed by atoms with van der Waals surface area (Å²) in [6.45, 7) is 0. The molecule has 4 nitrogen and oxygen atoms in total. The Bertz CT molecular complexity index is 428. The summed E-state index contributed by atoms with van der Waals surface area (Å²) in [5.41, 5.74) is 0.896. The lowest BCUT2D eigenvalue weighted by atomic mass is 9.50. The van der Waals surface area contributed by atoms with Gasteiger partial charge in [0.15, 0.2) is 0 Å². The van der Waals surface area contributed by atoms with E-state index in [-0.39, 0.29) is 6.10 Å². The molecule has 18 heavy (non-hydrogen) atoms. The molecule has 1 N–H and O–H groups in total. The third-order valence-electron chi connectivity index (χ3n) is 5.72. The minimum atomic E-state index is -0.361. The Morgan fingerprint density at radius 3 is 2.28 bits per heavy atom. The van der Waals surface area contributed by atoms with E-state index in [9.17, 15) is 5.11 Å². The summed E-state index contributed by atoms with van der Waals surface area (Å²) in [6.07, 6.45) is 8.22. The highest BCUT2D eigenvalue weighted by atomic mass is 16.3. The monoisotopic (exact) mass is 247 g/mol. The van der Waals surface area contributed by atoms with Crippen molar-refractivity contribution in [1.29, 1.82) is 0 Å². The van der Waals surface area contributed by atoms with Crippen LogP contribution in [0.15, 0.2) is 6.20 Å². The van der Waals surface area contributed by atoms with Gasteiger partial charge in [0.2, 0.25) is 0 Å². The highest BCUT2D eigenvalue weighted by Crippen LogP contribution is 2.59. The van der Waals surface area contributed by atoms with Crippen LogP contribution in [0.2, 0.25) is 0 Å². The first-order valence-corrected chi connectivity index (χ1v) is 7.25. The first-order chi connectivity index (χ1) is 8.72. The van der Waals surface area contributed by atoms with Crippen molar-refractivity contribution >= 4 is 0 Å². The smallest absolute Gasteiger partial charge is 0.101 e. The van der Waals surface area contributed by atoms with Gasteiger partial charge in [-0.3, -0.25) is 0 Å². The molecular weight excluding hydrogens is 226 g/mol. The van der Waals surface area contributed by atoms with Gasteiger partial charge in [-0.1, -0.05) is 5.21 Å². The van der Waals surface area contributed by atoms with Crippen LogP contribution in [0.1, 0.15) is 43.9 Å². The Morgan fingerprint density at radius 1 is 1.17 bits per heavy atom. The molecule has 1 heterocycles. The molecule has 4 aliphatic rings.